The van der Waals surface area contributed by atoms with Crippen LogP contribution in [-0.2, 0) is 20.9 Å². The number of benzene rings is 3. The minimum Gasteiger partial charge on any atom is -0.507 e. The summed E-state index contributed by atoms with van der Waals surface area (Å²) in [5.41, 5.74) is 1.74. The molecule has 0 saturated heterocycles. The lowest BCUT2D eigenvalue weighted by Gasteiger charge is -2.27. The maximum Gasteiger partial charge on any atom is 0.276 e. The van der Waals surface area contributed by atoms with Crippen LogP contribution in [-0.4, -0.2) is 19.7 Å². The molecule has 2 N–H and O–H groups in total. The highest BCUT2D eigenvalue weighted by atomic mass is 32.2. The molecule has 0 atom stereocenters. The zero-order chi connectivity index (χ0) is 23.0. The molecule has 164 valence electrons. The number of nitrogens with zero attached hydrogens (tertiary/aromatic N) is 1. The van der Waals surface area contributed by atoms with Gasteiger partial charge in [0.15, 0.2) is 0 Å². The second-order valence-corrected chi connectivity index (χ2v) is 11.5. The average Bonchev–Trinajstić information content (AvgIpc) is 2.66. The van der Waals surface area contributed by atoms with Gasteiger partial charge in [-0.1, -0.05) is 71.9 Å². The number of hydrazone groups is 1. The van der Waals surface area contributed by atoms with Gasteiger partial charge in [0.05, 0.1) is 11.1 Å². The zero-order valence-electron chi connectivity index (χ0n) is 18.9. The van der Waals surface area contributed by atoms with Crippen LogP contribution in [0, 0.1) is 0 Å². The fourth-order valence-corrected chi connectivity index (χ4v) is 4.26. The van der Waals surface area contributed by atoms with E-state index in [-0.39, 0.29) is 21.5 Å². The topological polar surface area (TPSA) is 78.8 Å². The number of hydrogen-bond donors (Lipinski definition) is 2. The third-order valence-electron chi connectivity index (χ3n) is 5.17. The Morgan fingerprint density at radius 1 is 0.839 bits per heavy atom. The first-order valence-electron chi connectivity index (χ1n) is 10.2. The van der Waals surface area contributed by atoms with E-state index in [4.69, 9.17) is 0 Å². The van der Waals surface area contributed by atoms with Crippen molar-refractivity contribution in [3.63, 3.8) is 0 Å². The van der Waals surface area contributed by atoms with Gasteiger partial charge in [-0.3, -0.25) is 0 Å². The normalized spacial score (nSPS) is 13.1. The molecule has 3 rings (SSSR count). The standard InChI is InChI=1S/C25H30N2O3S/c1-24(2,3)21-13-17(14-22(23(21)28)25(4,5)6)16-26-27-31(29,30)20-12-11-18-9-7-8-10-19(18)15-20/h7-16,27-28H,1-6H3/b26-16+. The van der Waals surface area contributed by atoms with E-state index in [1.54, 1.807) is 18.2 Å². The van der Waals surface area contributed by atoms with Gasteiger partial charge in [-0.25, -0.2) is 4.83 Å². The molecule has 0 bridgehead atoms. The lowest BCUT2D eigenvalue weighted by atomic mass is 9.78. The molecule has 0 amide bonds. The molecule has 3 aromatic carbocycles. The molecule has 5 nitrogen and oxygen atoms in total. The van der Waals surface area contributed by atoms with Crippen molar-refractivity contribution in [3.8, 4) is 5.75 Å². The molecular formula is C25H30N2O3S. The number of aromatic hydroxyl groups is 1. The highest BCUT2D eigenvalue weighted by molar-refractivity contribution is 7.89. The predicted molar refractivity (Wildman–Crippen MR) is 127 cm³/mol. The molecule has 6 heteroatoms. The first-order chi connectivity index (χ1) is 14.3. The van der Waals surface area contributed by atoms with Crippen molar-refractivity contribution >= 4 is 27.0 Å². The minimum atomic E-state index is -3.80. The van der Waals surface area contributed by atoms with Crippen molar-refractivity contribution in [2.45, 2.75) is 57.3 Å². The van der Waals surface area contributed by atoms with E-state index in [0.717, 1.165) is 21.9 Å². The summed E-state index contributed by atoms with van der Waals surface area (Å²) in [7, 11) is -3.80. The molecule has 3 aromatic rings. The number of phenols is 1. The second-order valence-electron chi connectivity index (χ2n) is 9.83. The van der Waals surface area contributed by atoms with Crippen LogP contribution in [0.4, 0.5) is 0 Å². The Morgan fingerprint density at radius 2 is 1.39 bits per heavy atom. The van der Waals surface area contributed by atoms with E-state index >= 15 is 0 Å². The van der Waals surface area contributed by atoms with Crippen LogP contribution >= 0.6 is 0 Å². The van der Waals surface area contributed by atoms with E-state index in [9.17, 15) is 13.5 Å². The molecule has 0 aliphatic carbocycles. The highest BCUT2D eigenvalue weighted by Crippen LogP contribution is 2.39. The maximum absolute atomic E-state index is 12.7. The first kappa shape index (κ1) is 22.8. The Morgan fingerprint density at radius 3 is 1.94 bits per heavy atom. The number of fused-ring (bicyclic) bond motifs is 1. The summed E-state index contributed by atoms with van der Waals surface area (Å²) < 4.78 is 25.4. The summed E-state index contributed by atoms with van der Waals surface area (Å²) in [6, 6.07) is 16.2. The third-order valence-corrected chi connectivity index (χ3v) is 6.39. The second kappa shape index (κ2) is 8.00. The lowest BCUT2D eigenvalue weighted by Crippen LogP contribution is -2.19. The minimum absolute atomic E-state index is 0.153. The number of sulfonamides is 1. The Labute approximate surface area is 184 Å². The molecule has 0 spiro atoms. The van der Waals surface area contributed by atoms with Gasteiger partial charge in [0.1, 0.15) is 5.75 Å². The monoisotopic (exact) mass is 438 g/mol. The SMILES string of the molecule is CC(C)(C)c1cc(/C=N/NS(=O)(=O)c2ccc3ccccc3c2)cc(C(C)(C)C)c1O. The van der Waals surface area contributed by atoms with Crippen LogP contribution in [0.3, 0.4) is 0 Å². The van der Waals surface area contributed by atoms with Crippen LogP contribution < -0.4 is 4.83 Å². The van der Waals surface area contributed by atoms with Crippen LogP contribution in [0.1, 0.15) is 58.2 Å². The largest absolute Gasteiger partial charge is 0.507 e. The summed E-state index contributed by atoms with van der Waals surface area (Å²) >= 11 is 0. The van der Waals surface area contributed by atoms with Gasteiger partial charge >= 0.3 is 0 Å². The van der Waals surface area contributed by atoms with Crippen molar-refractivity contribution in [1.82, 2.24) is 4.83 Å². The molecule has 0 aliphatic heterocycles. The van der Waals surface area contributed by atoms with Crippen LogP contribution in [0.25, 0.3) is 10.8 Å². The van der Waals surface area contributed by atoms with E-state index in [2.05, 4.69) is 9.93 Å². The molecule has 0 unspecified atom stereocenters. The van der Waals surface area contributed by atoms with E-state index in [1.807, 2.05) is 77.9 Å². The molecule has 0 aromatic heterocycles. The maximum atomic E-state index is 12.7. The summed E-state index contributed by atoms with van der Waals surface area (Å²) in [6.45, 7) is 12.2. The number of nitrogens with one attached hydrogen (secondary N) is 1. The lowest BCUT2D eigenvalue weighted by molar-refractivity contribution is 0.423. The zero-order valence-corrected chi connectivity index (χ0v) is 19.7. The van der Waals surface area contributed by atoms with E-state index < -0.39 is 10.0 Å². The van der Waals surface area contributed by atoms with Crippen molar-refractivity contribution in [1.29, 1.82) is 0 Å². The smallest absolute Gasteiger partial charge is 0.276 e. The Bertz CT molecular complexity index is 1210. The molecular weight excluding hydrogens is 408 g/mol. The quantitative estimate of drug-likeness (QED) is 0.420. The molecule has 0 saturated carbocycles. The van der Waals surface area contributed by atoms with Gasteiger partial charge in [-0.2, -0.15) is 13.5 Å². The van der Waals surface area contributed by atoms with Crippen LogP contribution in [0.5, 0.6) is 5.75 Å². The van der Waals surface area contributed by atoms with Crippen molar-refractivity contribution in [2.75, 3.05) is 0 Å². The molecule has 0 aliphatic rings. The van der Waals surface area contributed by atoms with E-state index in [0.29, 0.717) is 5.56 Å². The third kappa shape index (κ3) is 5.07. The number of hydrogen-bond acceptors (Lipinski definition) is 4. The fourth-order valence-electron chi connectivity index (χ4n) is 3.43. The summed E-state index contributed by atoms with van der Waals surface area (Å²) in [5, 5.41) is 16.6. The van der Waals surface area contributed by atoms with Gasteiger partial charge in [-0.05, 0) is 51.4 Å². The van der Waals surface area contributed by atoms with Gasteiger partial charge in [-0.15, -0.1) is 0 Å². The number of phenolic OH excluding ortho intramolecular Hbond substituents is 1. The van der Waals surface area contributed by atoms with Gasteiger partial charge < -0.3 is 5.11 Å². The molecule has 0 fully saturated rings. The van der Waals surface area contributed by atoms with Crippen LogP contribution in [0.2, 0.25) is 0 Å². The summed E-state index contributed by atoms with van der Waals surface area (Å²) in [5.74, 6) is 0.272. The Kier molecular flexibility index (Phi) is 5.89. The van der Waals surface area contributed by atoms with Crippen molar-refractivity contribution in [3.05, 3.63) is 71.3 Å². The molecule has 0 heterocycles. The van der Waals surface area contributed by atoms with Gasteiger partial charge in [0, 0.05) is 11.1 Å². The van der Waals surface area contributed by atoms with Gasteiger partial charge in [0.25, 0.3) is 10.0 Å². The highest BCUT2D eigenvalue weighted by Gasteiger charge is 2.26. The van der Waals surface area contributed by atoms with Crippen molar-refractivity contribution < 1.29 is 13.5 Å². The fraction of sp³-hybridized carbons (Fsp3) is 0.320. The number of rotatable bonds is 4. The van der Waals surface area contributed by atoms with E-state index in [1.165, 1.54) is 6.21 Å². The molecule has 31 heavy (non-hydrogen) atoms. The first-order valence-corrected chi connectivity index (χ1v) is 11.7. The Balaban J connectivity index is 1.93. The van der Waals surface area contributed by atoms with Crippen molar-refractivity contribution in [2.24, 2.45) is 5.10 Å². The van der Waals surface area contributed by atoms with Crippen LogP contribution in [0.15, 0.2) is 64.6 Å². The summed E-state index contributed by atoms with van der Waals surface area (Å²) in [4.78, 5) is 2.45. The Hall–Kier alpha value is -2.86. The summed E-state index contributed by atoms with van der Waals surface area (Å²) in [6.07, 6.45) is 1.47. The average molecular weight is 439 g/mol. The predicted octanol–water partition coefficient (Wildman–Crippen LogP) is 5.45. The molecule has 0 radical (unpaired) electrons. The van der Waals surface area contributed by atoms with Gasteiger partial charge in [0.2, 0.25) is 0 Å².